The molecule has 0 saturated heterocycles. The van der Waals surface area contributed by atoms with Gasteiger partial charge in [0.15, 0.2) is 0 Å². The summed E-state index contributed by atoms with van der Waals surface area (Å²) in [4.78, 5) is 2.50. The van der Waals surface area contributed by atoms with Gasteiger partial charge in [0.1, 0.15) is 0 Å². The van der Waals surface area contributed by atoms with Crippen LogP contribution in [0.2, 0.25) is 0 Å². The van der Waals surface area contributed by atoms with Gasteiger partial charge in [-0.25, -0.2) is 0 Å². The largest absolute Gasteiger partial charge is 0.383 e. The molecule has 0 saturated carbocycles. The van der Waals surface area contributed by atoms with Gasteiger partial charge in [-0.2, -0.15) is 0 Å². The summed E-state index contributed by atoms with van der Waals surface area (Å²) in [6, 6.07) is 7.43. The van der Waals surface area contributed by atoms with E-state index in [-0.39, 0.29) is 0 Å². The predicted octanol–water partition coefficient (Wildman–Crippen LogP) is 4.37. The van der Waals surface area contributed by atoms with E-state index in [0.29, 0.717) is 12.1 Å². The van der Waals surface area contributed by atoms with E-state index < -0.39 is 0 Å². The molecule has 3 nitrogen and oxygen atoms in total. The molecule has 1 N–H and O–H groups in total. The molecule has 21 heavy (non-hydrogen) atoms. The summed E-state index contributed by atoms with van der Waals surface area (Å²) in [7, 11) is 3.77. The van der Waals surface area contributed by atoms with Gasteiger partial charge in [0.05, 0.1) is 6.61 Å². The SMILES string of the molecule is CCC(CC)N(CCOC)c1ccc(Br)cc1C(C)NC. The molecule has 0 aromatic heterocycles. The Balaban J connectivity index is 3.21. The van der Waals surface area contributed by atoms with Crippen LogP contribution in [0.25, 0.3) is 0 Å². The highest BCUT2D eigenvalue weighted by atomic mass is 79.9. The number of anilines is 1. The maximum atomic E-state index is 5.32. The first kappa shape index (κ1) is 18.5. The number of benzene rings is 1. The highest BCUT2D eigenvalue weighted by molar-refractivity contribution is 9.10. The Morgan fingerprint density at radius 1 is 1.29 bits per heavy atom. The number of ether oxygens (including phenoxy) is 1. The lowest BCUT2D eigenvalue weighted by molar-refractivity contribution is 0.202. The third-order valence-electron chi connectivity index (χ3n) is 4.12. The van der Waals surface area contributed by atoms with Crippen molar-refractivity contribution in [3.05, 3.63) is 28.2 Å². The second-order valence-corrected chi connectivity index (χ2v) is 6.29. The van der Waals surface area contributed by atoms with E-state index in [9.17, 15) is 0 Å². The standard InChI is InChI=1S/C17H29BrN2O/c1-6-15(7-2)20(10-11-21-5)17-9-8-14(18)12-16(17)13(3)19-4/h8-9,12-13,15,19H,6-7,10-11H2,1-5H3. The van der Waals surface area contributed by atoms with Crippen LogP contribution in [0.15, 0.2) is 22.7 Å². The average molecular weight is 357 g/mol. The lowest BCUT2D eigenvalue weighted by atomic mass is 10.0. The molecule has 1 rings (SSSR count). The average Bonchev–Trinajstić information content (AvgIpc) is 2.51. The van der Waals surface area contributed by atoms with Crippen molar-refractivity contribution in [3.8, 4) is 0 Å². The summed E-state index contributed by atoms with van der Waals surface area (Å²) in [6.07, 6.45) is 2.29. The smallest absolute Gasteiger partial charge is 0.0637 e. The molecule has 1 aromatic rings. The Morgan fingerprint density at radius 2 is 1.95 bits per heavy atom. The molecule has 0 heterocycles. The predicted molar refractivity (Wildman–Crippen MR) is 95.2 cm³/mol. The second-order valence-electron chi connectivity index (χ2n) is 5.37. The molecule has 0 aliphatic heterocycles. The molecule has 0 aliphatic carbocycles. The lowest BCUT2D eigenvalue weighted by Crippen LogP contribution is -2.38. The number of halogens is 1. The van der Waals surface area contributed by atoms with E-state index in [1.54, 1.807) is 7.11 Å². The molecule has 1 unspecified atom stereocenters. The van der Waals surface area contributed by atoms with Crippen molar-refractivity contribution in [1.82, 2.24) is 5.32 Å². The molecule has 0 bridgehead atoms. The van der Waals surface area contributed by atoms with Crippen molar-refractivity contribution in [2.75, 3.05) is 32.2 Å². The molecule has 1 atom stereocenters. The Morgan fingerprint density at radius 3 is 2.48 bits per heavy atom. The molecule has 0 spiro atoms. The number of rotatable bonds is 9. The van der Waals surface area contributed by atoms with Gasteiger partial charge in [-0.1, -0.05) is 29.8 Å². The minimum atomic E-state index is 0.317. The van der Waals surface area contributed by atoms with E-state index in [0.717, 1.165) is 30.5 Å². The number of hydrogen-bond donors (Lipinski definition) is 1. The Labute approximate surface area is 138 Å². The minimum Gasteiger partial charge on any atom is -0.383 e. The van der Waals surface area contributed by atoms with Crippen LogP contribution >= 0.6 is 15.9 Å². The molecular formula is C17H29BrN2O. The Bertz CT molecular complexity index is 421. The summed E-state index contributed by atoms with van der Waals surface area (Å²) in [6.45, 7) is 8.39. The van der Waals surface area contributed by atoms with Crippen LogP contribution in [0.1, 0.15) is 45.2 Å². The van der Waals surface area contributed by atoms with Gasteiger partial charge in [-0.05, 0) is 50.6 Å². The fourth-order valence-corrected chi connectivity index (χ4v) is 3.09. The van der Waals surface area contributed by atoms with E-state index in [2.05, 4.69) is 65.1 Å². The van der Waals surface area contributed by atoms with Gasteiger partial charge in [0, 0.05) is 35.9 Å². The third-order valence-corrected chi connectivity index (χ3v) is 4.61. The number of hydrogen-bond acceptors (Lipinski definition) is 3. The Hall–Kier alpha value is -0.580. The first-order valence-corrected chi connectivity index (χ1v) is 8.60. The maximum Gasteiger partial charge on any atom is 0.0637 e. The van der Waals surface area contributed by atoms with Crippen LogP contribution in [-0.2, 0) is 4.74 Å². The zero-order valence-electron chi connectivity index (χ0n) is 13.9. The number of nitrogens with one attached hydrogen (secondary N) is 1. The van der Waals surface area contributed by atoms with Crippen molar-refractivity contribution >= 4 is 21.6 Å². The van der Waals surface area contributed by atoms with Gasteiger partial charge in [-0.3, -0.25) is 0 Å². The van der Waals surface area contributed by atoms with Crippen LogP contribution in [0, 0.1) is 0 Å². The van der Waals surface area contributed by atoms with E-state index >= 15 is 0 Å². The van der Waals surface area contributed by atoms with Crippen LogP contribution in [0.4, 0.5) is 5.69 Å². The van der Waals surface area contributed by atoms with Crippen molar-refractivity contribution in [2.24, 2.45) is 0 Å². The van der Waals surface area contributed by atoms with Crippen LogP contribution in [0.3, 0.4) is 0 Å². The second kappa shape index (κ2) is 9.44. The van der Waals surface area contributed by atoms with Crippen molar-refractivity contribution < 1.29 is 4.74 Å². The zero-order valence-corrected chi connectivity index (χ0v) is 15.5. The summed E-state index contributed by atoms with van der Waals surface area (Å²) >= 11 is 3.60. The van der Waals surface area contributed by atoms with Gasteiger partial charge in [0.2, 0.25) is 0 Å². The first-order chi connectivity index (χ1) is 10.1. The van der Waals surface area contributed by atoms with Gasteiger partial charge >= 0.3 is 0 Å². The molecule has 1 aromatic carbocycles. The first-order valence-electron chi connectivity index (χ1n) is 7.81. The summed E-state index contributed by atoms with van der Waals surface area (Å²) in [5.41, 5.74) is 2.64. The summed E-state index contributed by atoms with van der Waals surface area (Å²) < 4.78 is 6.44. The van der Waals surface area contributed by atoms with Crippen molar-refractivity contribution in [1.29, 1.82) is 0 Å². The molecule has 120 valence electrons. The summed E-state index contributed by atoms with van der Waals surface area (Å²) in [5, 5.41) is 3.36. The fraction of sp³-hybridized carbons (Fsp3) is 0.647. The molecule has 0 amide bonds. The van der Waals surface area contributed by atoms with E-state index in [4.69, 9.17) is 4.74 Å². The van der Waals surface area contributed by atoms with Crippen molar-refractivity contribution in [2.45, 2.75) is 45.7 Å². The quantitative estimate of drug-likeness (QED) is 0.710. The Kier molecular flexibility index (Phi) is 8.30. The molecule has 0 fully saturated rings. The molecular weight excluding hydrogens is 328 g/mol. The number of nitrogens with zero attached hydrogens (tertiary/aromatic N) is 1. The summed E-state index contributed by atoms with van der Waals surface area (Å²) in [5.74, 6) is 0. The maximum absolute atomic E-state index is 5.32. The highest BCUT2D eigenvalue weighted by Gasteiger charge is 2.20. The fourth-order valence-electron chi connectivity index (χ4n) is 2.71. The lowest BCUT2D eigenvalue weighted by Gasteiger charge is -2.35. The molecule has 0 aliphatic rings. The minimum absolute atomic E-state index is 0.317. The van der Waals surface area contributed by atoms with Crippen LogP contribution < -0.4 is 10.2 Å². The van der Waals surface area contributed by atoms with E-state index in [1.165, 1.54) is 11.3 Å². The number of methoxy groups -OCH3 is 1. The monoisotopic (exact) mass is 356 g/mol. The van der Waals surface area contributed by atoms with Crippen molar-refractivity contribution in [3.63, 3.8) is 0 Å². The van der Waals surface area contributed by atoms with Gasteiger partial charge in [0.25, 0.3) is 0 Å². The van der Waals surface area contributed by atoms with Gasteiger partial charge in [-0.15, -0.1) is 0 Å². The zero-order chi connectivity index (χ0) is 15.8. The van der Waals surface area contributed by atoms with E-state index in [1.807, 2.05) is 7.05 Å². The topological polar surface area (TPSA) is 24.5 Å². The van der Waals surface area contributed by atoms with Gasteiger partial charge < -0.3 is 15.0 Å². The highest BCUT2D eigenvalue weighted by Crippen LogP contribution is 2.31. The molecule has 0 radical (unpaired) electrons. The molecule has 4 heteroatoms. The normalized spacial score (nSPS) is 12.7. The van der Waals surface area contributed by atoms with Crippen LogP contribution in [0.5, 0.6) is 0 Å². The third kappa shape index (κ3) is 4.97. The van der Waals surface area contributed by atoms with Crippen LogP contribution in [-0.4, -0.2) is 33.4 Å².